The maximum Gasteiger partial charge on any atom is 0.490 e. The molecule has 2 aromatic heterocycles. The first-order valence-corrected chi connectivity index (χ1v) is 11.8. The molecule has 2 aliphatic heterocycles. The Morgan fingerprint density at radius 2 is 1.16 bits per heavy atom. The molecule has 20 heteroatoms. The van der Waals surface area contributed by atoms with E-state index in [1.165, 1.54) is 37.4 Å². The number of carboxylic acids is 3. The van der Waals surface area contributed by atoms with Crippen LogP contribution in [-0.4, -0.2) is 102 Å². The summed E-state index contributed by atoms with van der Waals surface area (Å²) in [6.07, 6.45) is -9.25. The molecular weight excluding hydrogens is 613 g/mol. The van der Waals surface area contributed by atoms with Crippen LogP contribution in [0.3, 0.4) is 0 Å². The van der Waals surface area contributed by atoms with Crippen molar-refractivity contribution < 1.29 is 69.2 Å². The van der Waals surface area contributed by atoms with Gasteiger partial charge in [-0.1, -0.05) is 6.07 Å². The number of pyridine rings is 1. The number of likely N-dealkylation sites (tertiary alicyclic amines) is 2. The molecule has 0 bridgehead atoms. The molecule has 4 heterocycles. The third-order valence-corrected chi connectivity index (χ3v) is 5.64. The summed E-state index contributed by atoms with van der Waals surface area (Å²) in [6.45, 7) is 6.91. The second-order valence-corrected chi connectivity index (χ2v) is 9.16. The van der Waals surface area contributed by atoms with Crippen LogP contribution in [0.1, 0.15) is 11.3 Å². The van der Waals surface area contributed by atoms with Gasteiger partial charge in [-0.05, 0) is 24.0 Å². The lowest BCUT2D eigenvalue weighted by atomic mass is 10.0. The predicted molar refractivity (Wildman–Crippen MR) is 126 cm³/mol. The van der Waals surface area contributed by atoms with Gasteiger partial charge in [0.2, 0.25) is 0 Å². The number of hydrogen-bond acceptors (Lipinski definition) is 7. The quantitative estimate of drug-likeness (QED) is 0.426. The van der Waals surface area contributed by atoms with Gasteiger partial charge in [0.05, 0.1) is 11.9 Å². The van der Waals surface area contributed by atoms with Crippen LogP contribution in [0, 0.1) is 11.8 Å². The lowest BCUT2D eigenvalue weighted by Crippen LogP contribution is -2.28. The number of nitrogens with zero attached hydrogens (tertiary/aromatic N) is 5. The zero-order chi connectivity index (χ0) is 33.2. The van der Waals surface area contributed by atoms with Crippen molar-refractivity contribution in [3.8, 4) is 0 Å². The fourth-order valence-corrected chi connectivity index (χ4v) is 3.98. The Balaban J connectivity index is 0.000000363. The van der Waals surface area contributed by atoms with E-state index in [4.69, 9.17) is 29.7 Å². The van der Waals surface area contributed by atoms with E-state index in [9.17, 15) is 39.5 Å². The summed E-state index contributed by atoms with van der Waals surface area (Å²) in [4.78, 5) is 36.3. The summed E-state index contributed by atoms with van der Waals surface area (Å²) in [5.41, 5.74) is 2.52. The molecule has 0 spiro atoms. The first-order valence-electron chi connectivity index (χ1n) is 11.8. The molecule has 242 valence electrons. The van der Waals surface area contributed by atoms with E-state index in [0.717, 1.165) is 24.9 Å². The molecule has 4 rings (SSSR count). The van der Waals surface area contributed by atoms with Crippen LogP contribution in [0.25, 0.3) is 0 Å². The van der Waals surface area contributed by atoms with Crippen molar-refractivity contribution in [1.82, 2.24) is 24.6 Å². The molecule has 11 nitrogen and oxygen atoms in total. The Kier molecular flexibility index (Phi) is 13.4. The molecule has 2 fully saturated rings. The second-order valence-electron chi connectivity index (χ2n) is 9.16. The zero-order valence-corrected chi connectivity index (χ0v) is 22.1. The number of alkyl halides is 9. The van der Waals surface area contributed by atoms with Gasteiger partial charge in [-0.3, -0.25) is 19.5 Å². The highest BCUT2D eigenvalue weighted by atomic mass is 19.4. The fraction of sp³-hybridized carbons (Fsp3) is 0.522. The summed E-state index contributed by atoms with van der Waals surface area (Å²) in [5.74, 6) is -6.63. The van der Waals surface area contributed by atoms with Crippen molar-refractivity contribution in [2.45, 2.75) is 31.6 Å². The van der Waals surface area contributed by atoms with Gasteiger partial charge in [-0.15, -0.1) is 0 Å². The molecule has 2 saturated heterocycles. The van der Waals surface area contributed by atoms with Crippen LogP contribution in [0.15, 0.2) is 36.8 Å². The molecule has 2 atom stereocenters. The second kappa shape index (κ2) is 15.5. The van der Waals surface area contributed by atoms with E-state index >= 15 is 0 Å². The Bertz CT molecular complexity index is 1120. The van der Waals surface area contributed by atoms with Gasteiger partial charge in [0.1, 0.15) is 0 Å². The van der Waals surface area contributed by atoms with E-state index in [-0.39, 0.29) is 0 Å². The number of hydrogen-bond donors (Lipinski definition) is 3. The Hall–Kier alpha value is -3.94. The molecule has 2 aliphatic rings. The third kappa shape index (κ3) is 14.2. The Morgan fingerprint density at radius 3 is 1.47 bits per heavy atom. The van der Waals surface area contributed by atoms with Crippen molar-refractivity contribution in [2.24, 2.45) is 18.9 Å². The number of carbonyl (C=O) groups is 3. The van der Waals surface area contributed by atoms with Crippen LogP contribution in [0.4, 0.5) is 39.5 Å². The smallest absolute Gasteiger partial charge is 0.475 e. The number of halogens is 9. The Morgan fingerprint density at radius 1 is 0.767 bits per heavy atom. The molecule has 0 radical (unpaired) electrons. The molecule has 0 saturated carbocycles. The summed E-state index contributed by atoms with van der Waals surface area (Å²) in [7, 11) is 1.98. The van der Waals surface area contributed by atoms with E-state index in [2.05, 4.69) is 38.2 Å². The molecule has 0 amide bonds. The Labute approximate surface area is 237 Å². The van der Waals surface area contributed by atoms with Crippen LogP contribution < -0.4 is 0 Å². The molecule has 3 N–H and O–H groups in total. The minimum absolute atomic E-state index is 0.820. The number of fused-ring (bicyclic) bond motifs is 1. The highest BCUT2D eigenvalue weighted by Gasteiger charge is 2.40. The average Bonchev–Trinajstić information content (AvgIpc) is 3.54. The number of aromatic nitrogens is 3. The molecular formula is C23H26F9N5O6. The van der Waals surface area contributed by atoms with E-state index in [1.54, 1.807) is 0 Å². The van der Waals surface area contributed by atoms with Gasteiger partial charge in [0, 0.05) is 64.3 Å². The van der Waals surface area contributed by atoms with Gasteiger partial charge in [-0.2, -0.15) is 44.6 Å². The van der Waals surface area contributed by atoms with Crippen molar-refractivity contribution >= 4 is 17.9 Å². The average molecular weight is 639 g/mol. The normalized spacial score (nSPS) is 18.7. The molecule has 2 aromatic rings. The third-order valence-electron chi connectivity index (χ3n) is 5.64. The van der Waals surface area contributed by atoms with Gasteiger partial charge in [0.25, 0.3) is 0 Å². The van der Waals surface area contributed by atoms with E-state index in [0.29, 0.717) is 0 Å². The summed E-state index contributed by atoms with van der Waals surface area (Å²) in [6, 6.07) is 6.19. The topological polar surface area (TPSA) is 149 Å². The standard InChI is InChI=1S/C17H23N5.3C2HF3O2/c1-20-7-14(6-19-20)8-21-9-15-11-22(12-16(15)10-21)13-17-4-2-3-5-18-17;3*3-2(4,5)1(6)7/h2-7,15-16H,8-13H2,1H3;3*(H,6,7). The van der Waals surface area contributed by atoms with Crippen molar-refractivity contribution in [3.63, 3.8) is 0 Å². The van der Waals surface area contributed by atoms with Crippen molar-refractivity contribution in [2.75, 3.05) is 26.2 Å². The number of aliphatic carboxylic acids is 3. The van der Waals surface area contributed by atoms with Crippen molar-refractivity contribution in [1.29, 1.82) is 0 Å². The monoisotopic (exact) mass is 639 g/mol. The highest BCUT2D eigenvalue weighted by molar-refractivity contribution is 5.73. The predicted octanol–water partition coefficient (Wildman–Crippen LogP) is 3.28. The maximum atomic E-state index is 10.6. The molecule has 2 unspecified atom stereocenters. The van der Waals surface area contributed by atoms with E-state index < -0.39 is 36.4 Å². The summed E-state index contributed by atoms with van der Waals surface area (Å²) >= 11 is 0. The largest absolute Gasteiger partial charge is 0.490 e. The molecule has 0 aliphatic carbocycles. The molecule has 43 heavy (non-hydrogen) atoms. The minimum atomic E-state index is -5.08. The lowest BCUT2D eigenvalue weighted by Gasteiger charge is -2.20. The van der Waals surface area contributed by atoms with Crippen LogP contribution >= 0.6 is 0 Å². The first kappa shape index (κ1) is 37.1. The maximum absolute atomic E-state index is 10.6. The first-order chi connectivity index (χ1) is 19.6. The molecule has 0 aromatic carbocycles. The lowest BCUT2D eigenvalue weighted by molar-refractivity contribution is -0.193. The highest BCUT2D eigenvalue weighted by Crippen LogP contribution is 2.32. The summed E-state index contributed by atoms with van der Waals surface area (Å²) < 4.78 is 97.1. The minimum Gasteiger partial charge on any atom is -0.475 e. The van der Waals surface area contributed by atoms with E-state index in [1.807, 2.05) is 30.2 Å². The van der Waals surface area contributed by atoms with Crippen molar-refractivity contribution in [3.05, 3.63) is 48.0 Å². The van der Waals surface area contributed by atoms with Gasteiger partial charge >= 0.3 is 36.4 Å². The van der Waals surface area contributed by atoms with Crippen LogP contribution in [-0.2, 0) is 34.5 Å². The number of carboxylic acid groups (broad SMARTS) is 3. The summed E-state index contributed by atoms with van der Waals surface area (Å²) in [5, 5.41) is 25.6. The fourth-order valence-electron chi connectivity index (χ4n) is 3.98. The zero-order valence-electron chi connectivity index (χ0n) is 22.1. The van der Waals surface area contributed by atoms with Gasteiger partial charge < -0.3 is 15.3 Å². The van der Waals surface area contributed by atoms with Gasteiger partial charge in [0.15, 0.2) is 0 Å². The van der Waals surface area contributed by atoms with Crippen LogP contribution in [0.5, 0.6) is 0 Å². The van der Waals surface area contributed by atoms with Crippen LogP contribution in [0.2, 0.25) is 0 Å². The van der Waals surface area contributed by atoms with Gasteiger partial charge in [-0.25, -0.2) is 14.4 Å². The number of aryl methyl sites for hydroxylation is 1. The SMILES string of the molecule is Cn1cc(CN2CC3CN(Cc4ccccn4)CC3C2)cn1.O=C(O)C(F)(F)F.O=C(O)C(F)(F)F.O=C(O)C(F)(F)F. The number of rotatable bonds is 4.